The first kappa shape index (κ1) is 18.2. The predicted octanol–water partition coefficient (Wildman–Crippen LogP) is 0.168. The molecule has 0 aliphatic carbocycles. The summed E-state index contributed by atoms with van der Waals surface area (Å²) in [7, 11) is 2.15. The molecular weight excluding hydrogens is 382 g/mol. The van der Waals surface area contributed by atoms with Crippen molar-refractivity contribution in [2.45, 2.75) is 25.0 Å². The number of aliphatic carboxylic acids is 1. The normalized spacial score (nSPS) is 16.4. The van der Waals surface area contributed by atoms with Crippen molar-refractivity contribution in [1.29, 1.82) is 0 Å². The van der Waals surface area contributed by atoms with E-state index in [1.165, 1.54) is 14.3 Å². The number of likely N-dealkylation sites (N-methyl/N-ethyl adjacent to an activating group) is 1. The number of carboxylic acid groups (broad SMARTS) is 1. The molecule has 0 saturated heterocycles. The van der Waals surface area contributed by atoms with E-state index in [0.29, 0.717) is 21.1 Å². The van der Waals surface area contributed by atoms with Gasteiger partial charge in [-0.15, -0.1) is 11.3 Å². The van der Waals surface area contributed by atoms with Gasteiger partial charge < -0.3 is 14.8 Å². The molecule has 0 spiro atoms. The maximum absolute atomic E-state index is 13.4. The number of carbonyl (C=O) groups is 1. The van der Waals surface area contributed by atoms with Crippen LogP contribution in [-0.4, -0.2) is 34.9 Å². The highest BCUT2D eigenvalue weighted by Gasteiger charge is 2.26. The Morgan fingerprint density at radius 1 is 1.37 bits per heavy atom. The molecule has 2 aromatic heterocycles. The Labute approximate surface area is 164 Å². The lowest BCUT2D eigenvalue weighted by Crippen LogP contribution is -3.08. The highest BCUT2D eigenvalue weighted by Crippen LogP contribution is 2.31. The molecule has 1 N–H and O–H groups in total. The molecule has 3 aromatic rings. The van der Waals surface area contributed by atoms with E-state index in [4.69, 9.17) is 0 Å². The third-order valence-electron chi connectivity index (χ3n) is 4.75. The van der Waals surface area contributed by atoms with Crippen LogP contribution in [0.25, 0.3) is 15.9 Å². The minimum absolute atomic E-state index is 0.123. The van der Waals surface area contributed by atoms with E-state index in [9.17, 15) is 14.7 Å². The van der Waals surface area contributed by atoms with Crippen LogP contribution >= 0.6 is 23.1 Å². The first-order valence-electron chi connectivity index (χ1n) is 8.72. The van der Waals surface area contributed by atoms with Crippen molar-refractivity contribution in [3.8, 4) is 5.69 Å². The number of aryl methyl sites for hydroxylation is 1. The third-order valence-corrected chi connectivity index (χ3v) is 6.79. The zero-order valence-corrected chi connectivity index (χ0v) is 16.7. The zero-order valence-electron chi connectivity index (χ0n) is 15.1. The molecule has 4 rings (SSSR count). The third kappa shape index (κ3) is 3.40. The van der Waals surface area contributed by atoms with Crippen molar-refractivity contribution in [3.05, 3.63) is 50.6 Å². The molecule has 0 saturated carbocycles. The van der Waals surface area contributed by atoms with Gasteiger partial charge in [0.05, 0.1) is 35.5 Å². The highest BCUT2D eigenvalue weighted by molar-refractivity contribution is 7.99. The predicted molar refractivity (Wildman–Crippen MR) is 105 cm³/mol. The van der Waals surface area contributed by atoms with Gasteiger partial charge in [-0.25, -0.2) is 4.98 Å². The van der Waals surface area contributed by atoms with Crippen LogP contribution in [0.15, 0.2) is 34.2 Å². The van der Waals surface area contributed by atoms with E-state index >= 15 is 0 Å². The summed E-state index contributed by atoms with van der Waals surface area (Å²) < 4.78 is 1.54. The first-order chi connectivity index (χ1) is 12.9. The fraction of sp³-hybridized carbons (Fsp3) is 0.316. The molecule has 1 unspecified atom stereocenters. The summed E-state index contributed by atoms with van der Waals surface area (Å²) in [6.45, 7) is 3.86. The molecule has 1 aromatic carbocycles. The number of thiophene rings is 1. The fourth-order valence-corrected chi connectivity index (χ4v) is 5.48. The molecule has 1 aliphatic rings. The molecule has 0 radical (unpaired) electrons. The van der Waals surface area contributed by atoms with E-state index in [0.717, 1.165) is 42.4 Å². The van der Waals surface area contributed by atoms with Crippen LogP contribution in [0.4, 0.5) is 0 Å². The number of carboxylic acids is 1. The Balaban J connectivity index is 1.96. The van der Waals surface area contributed by atoms with Crippen LogP contribution in [0.1, 0.15) is 16.0 Å². The molecule has 6 nitrogen and oxygen atoms in total. The average molecular weight is 402 g/mol. The van der Waals surface area contributed by atoms with E-state index in [2.05, 4.69) is 12.0 Å². The number of thioether (sulfide) groups is 1. The van der Waals surface area contributed by atoms with Gasteiger partial charge in [-0.1, -0.05) is 29.5 Å². The van der Waals surface area contributed by atoms with Gasteiger partial charge in [0.1, 0.15) is 11.4 Å². The summed E-state index contributed by atoms with van der Waals surface area (Å²) in [5.41, 5.74) is 2.76. The topological polar surface area (TPSA) is 79.5 Å². The number of nitrogens with zero attached hydrogens (tertiary/aromatic N) is 2. The summed E-state index contributed by atoms with van der Waals surface area (Å²) in [6, 6.07) is 7.59. The lowest BCUT2D eigenvalue weighted by atomic mass is 10.1. The average Bonchev–Trinajstić information content (AvgIpc) is 2.98. The van der Waals surface area contributed by atoms with Gasteiger partial charge in [0, 0.05) is 12.2 Å². The van der Waals surface area contributed by atoms with Crippen LogP contribution in [0.3, 0.4) is 0 Å². The van der Waals surface area contributed by atoms with Gasteiger partial charge in [-0.05, 0) is 24.6 Å². The summed E-state index contributed by atoms with van der Waals surface area (Å²) in [6.07, 6.45) is 0.859. The van der Waals surface area contributed by atoms with Gasteiger partial charge >= 0.3 is 0 Å². The van der Waals surface area contributed by atoms with Crippen LogP contribution in [0.5, 0.6) is 0 Å². The summed E-state index contributed by atoms with van der Waals surface area (Å²) in [4.78, 5) is 32.4. The second-order valence-electron chi connectivity index (χ2n) is 6.85. The second kappa shape index (κ2) is 7.10. The quantitative estimate of drug-likeness (QED) is 0.498. The number of benzene rings is 1. The molecule has 0 bridgehead atoms. The minimum atomic E-state index is -1.18. The van der Waals surface area contributed by atoms with Crippen molar-refractivity contribution < 1.29 is 14.8 Å². The first-order valence-corrected chi connectivity index (χ1v) is 10.5. The summed E-state index contributed by atoms with van der Waals surface area (Å²) in [5.74, 6) is -1.43. The Bertz CT molecular complexity index is 1090. The van der Waals surface area contributed by atoms with Crippen LogP contribution in [0.2, 0.25) is 0 Å². The standard InChI is InChI=1S/C19H19N3O3S2/c1-11-3-5-12(6-4-11)22-18(25)16-13-7-8-21(2)9-14(13)27-17(16)20-19(22)26-10-15(23)24/h3-6H,7-10H2,1-2H3,(H,23,24). The number of carbonyl (C=O) groups excluding carboxylic acids is 1. The van der Waals surface area contributed by atoms with Crippen molar-refractivity contribution >= 4 is 39.3 Å². The monoisotopic (exact) mass is 401 g/mol. The molecule has 8 heteroatoms. The van der Waals surface area contributed by atoms with Gasteiger partial charge in [0.15, 0.2) is 5.16 Å². The molecule has 0 amide bonds. The number of aromatic nitrogens is 2. The van der Waals surface area contributed by atoms with E-state index in [1.54, 1.807) is 11.3 Å². The lowest BCUT2D eigenvalue weighted by molar-refractivity contribution is -0.895. The number of quaternary nitrogens is 1. The highest BCUT2D eigenvalue weighted by atomic mass is 32.2. The number of fused-ring (bicyclic) bond motifs is 3. The SMILES string of the molecule is Cc1ccc(-n2c(SCC(=O)[O-])nc3sc4c(c3c2=O)CC[NH+](C)C4)cc1. The van der Waals surface area contributed by atoms with Crippen molar-refractivity contribution in [2.75, 3.05) is 19.3 Å². The molecule has 27 heavy (non-hydrogen) atoms. The van der Waals surface area contributed by atoms with Crippen molar-refractivity contribution in [3.63, 3.8) is 0 Å². The molecular formula is C19H19N3O3S2. The number of nitrogens with one attached hydrogen (secondary N) is 1. The van der Waals surface area contributed by atoms with Crippen LogP contribution in [0, 0.1) is 6.92 Å². The molecule has 140 valence electrons. The lowest BCUT2D eigenvalue weighted by Gasteiger charge is -2.19. The van der Waals surface area contributed by atoms with Gasteiger partial charge in [-0.3, -0.25) is 9.36 Å². The second-order valence-corrected chi connectivity index (χ2v) is 8.88. The number of hydrogen-bond acceptors (Lipinski definition) is 6. The summed E-state index contributed by atoms with van der Waals surface area (Å²) >= 11 is 2.57. The Kier molecular flexibility index (Phi) is 4.79. The van der Waals surface area contributed by atoms with E-state index < -0.39 is 5.97 Å². The Morgan fingerprint density at radius 2 is 2.11 bits per heavy atom. The van der Waals surface area contributed by atoms with Crippen LogP contribution < -0.4 is 15.6 Å². The summed E-state index contributed by atoms with van der Waals surface area (Å²) in [5, 5.41) is 12.0. The van der Waals surface area contributed by atoms with Gasteiger partial charge in [-0.2, -0.15) is 0 Å². The molecule has 3 heterocycles. The number of rotatable bonds is 4. The van der Waals surface area contributed by atoms with E-state index in [1.807, 2.05) is 31.2 Å². The largest absolute Gasteiger partial charge is 0.549 e. The van der Waals surface area contributed by atoms with Gasteiger partial charge in [0.2, 0.25) is 0 Å². The van der Waals surface area contributed by atoms with E-state index in [-0.39, 0.29) is 11.3 Å². The maximum atomic E-state index is 13.4. The Morgan fingerprint density at radius 3 is 2.81 bits per heavy atom. The zero-order chi connectivity index (χ0) is 19.1. The molecule has 0 fully saturated rings. The minimum Gasteiger partial charge on any atom is -0.549 e. The number of hydrogen-bond donors (Lipinski definition) is 1. The fourth-order valence-electron chi connectivity index (χ4n) is 3.38. The molecule has 1 atom stereocenters. The van der Waals surface area contributed by atoms with Gasteiger partial charge in [0.25, 0.3) is 5.56 Å². The van der Waals surface area contributed by atoms with Crippen LogP contribution in [-0.2, 0) is 17.8 Å². The smallest absolute Gasteiger partial charge is 0.267 e. The molecule has 1 aliphatic heterocycles. The van der Waals surface area contributed by atoms with Crippen molar-refractivity contribution in [1.82, 2.24) is 9.55 Å². The maximum Gasteiger partial charge on any atom is 0.267 e. The van der Waals surface area contributed by atoms with Crippen molar-refractivity contribution in [2.24, 2.45) is 0 Å². The Hall–Kier alpha value is -2.16.